The van der Waals surface area contributed by atoms with Crippen LogP contribution in [0.15, 0.2) is 0 Å². The van der Waals surface area contributed by atoms with E-state index >= 15 is 0 Å². The van der Waals surface area contributed by atoms with Crippen molar-refractivity contribution in [2.45, 2.75) is 37.9 Å². The van der Waals surface area contributed by atoms with Crippen molar-refractivity contribution in [3.05, 3.63) is 0 Å². The maximum atomic E-state index is 10.6. The molecule has 0 radical (unpaired) electrons. The molecule has 0 aromatic rings. The molecule has 12 heavy (non-hydrogen) atoms. The van der Waals surface area contributed by atoms with E-state index in [0.29, 0.717) is 13.0 Å². The maximum Gasteiger partial charge on any atom is 0.364 e. The molecule has 4 nitrogen and oxygen atoms in total. The van der Waals surface area contributed by atoms with Crippen molar-refractivity contribution < 1.29 is 19.7 Å². The first-order chi connectivity index (χ1) is 5.65. The Hall–Kier alpha value is -0.610. The van der Waals surface area contributed by atoms with Gasteiger partial charge in [0.1, 0.15) is 0 Å². The highest BCUT2D eigenvalue weighted by molar-refractivity contribution is 5.75. The van der Waals surface area contributed by atoms with Gasteiger partial charge in [0.15, 0.2) is 0 Å². The molecular formula is C8H14O4. The molecule has 4 heteroatoms. The third-order valence-electron chi connectivity index (χ3n) is 2.09. The minimum absolute atomic E-state index is 0.197. The highest BCUT2D eigenvalue weighted by atomic mass is 16.6. The lowest BCUT2D eigenvalue weighted by Crippen LogP contribution is -2.42. The second-order valence-electron chi connectivity index (χ2n) is 3.10. The van der Waals surface area contributed by atoms with E-state index < -0.39 is 11.8 Å². The van der Waals surface area contributed by atoms with Gasteiger partial charge in [-0.3, -0.25) is 0 Å². The summed E-state index contributed by atoms with van der Waals surface area (Å²) in [6.07, 6.45) is 3.76. The number of hydrogen-bond acceptors (Lipinski definition) is 3. The van der Waals surface area contributed by atoms with Crippen LogP contribution in [0.25, 0.3) is 0 Å². The van der Waals surface area contributed by atoms with E-state index in [1.165, 1.54) is 0 Å². The molecule has 1 heterocycles. The number of aliphatic hydroxyl groups is 1. The van der Waals surface area contributed by atoms with Crippen LogP contribution in [0.3, 0.4) is 0 Å². The Labute approximate surface area is 71.2 Å². The summed E-state index contributed by atoms with van der Waals surface area (Å²) < 4.78 is 4.89. The first-order valence-electron chi connectivity index (χ1n) is 4.25. The molecule has 1 aliphatic heterocycles. The van der Waals surface area contributed by atoms with Crippen molar-refractivity contribution in [3.63, 3.8) is 0 Å². The van der Waals surface area contributed by atoms with Crippen LogP contribution in [0, 0.1) is 0 Å². The molecule has 0 bridgehead atoms. The molecule has 0 amide bonds. The smallest absolute Gasteiger partial charge is 0.364 e. The number of aliphatic carboxylic acids is 1. The zero-order valence-corrected chi connectivity index (χ0v) is 6.95. The van der Waals surface area contributed by atoms with Gasteiger partial charge in [0.2, 0.25) is 0 Å². The van der Waals surface area contributed by atoms with Crippen LogP contribution in [-0.4, -0.2) is 28.6 Å². The van der Waals surface area contributed by atoms with Crippen molar-refractivity contribution in [3.8, 4) is 0 Å². The van der Waals surface area contributed by atoms with Crippen LogP contribution in [0.5, 0.6) is 0 Å². The fraction of sp³-hybridized carbons (Fsp3) is 0.875. The minimum Gasteiger partial charge on any atom is -0.477 e. The first-order valence-corrected chi connectivity index (χ1v) is 4.25. The molecule has 2 N–H and O–H groups in total. The fourth-order valence-corrected chi connectivity index (χ4v) is 1.30. The van der Waals surface area contributed by atoms with Gasteiger partial charge in [-0.2, -0.15) is 0 Å². The summed E-state index contributed by atoms with van der Waals surface area (Å²) in [5.41, 5.74) is 0. The Balaban J connectivity index is 2.54. The average Bonchev–Trinajstić information content (AvgIpc) is 1.97. The summed E-state index contributed by atoms with van der Waals surface area (Å²) in [6, 6.07) is 0. The summed E-state index contributed by atoms with van der Waals surface area (Å²) >= 11 is 0. The zero-order chi connectivity index (χ0) is 9.03. The van der Waals surface area contributed by atoms with Gasteiger partial charge < -0.3 is 14.9 Å². The zero-order valence-electron chi connectivity index (χ0n) is 6.95. The van der Waals surface area contributed by atoms with Crippen molar-refractivity contribution in [2.24, 2.45) is 0 Å². The molecule has 0 spiro atoms. The fourth-order valence-electron chi connectivity index (χ4n) is 1.30. The third kappa shape index (κ3) is 2.19. The van der Waals surface area contributed by atoms with Crippen LogP contribution in [0.4, 0.5) is 0 Å². The van der Waals surface area contributed by atoms with Gasteiger partial charge in [-0.15, -0.1) is 0 Å². The van der Waals surface area contributed by atoms with E-state index in [1.54, 1.807) is 0 Å². The summed E-state index contributed by atoms with van der Waals surface area (Å²) in [5.74, 6) is -3.20. The number of carboxylic acids is 1. The molecule has 0 aliphatic carbocycles. The first kappa shape index (κ1) is 9.48. The Bertz CT molecular complexity index is 158. The van der Waals surface area contributed by atoms with Gasteiger partial charge in [-0.05, 0) is 12.8 Å². The summed E-state index contributed by atoms with van der Waals surface area (Å²) in [4.78, 5) is 10.6. The second kappa shape index (κ2) is 3.87. The molecule has 1 atom stereocenters. The second-order valence-corrected chi connectivity index (χ2v) is 3.10. The predicted molar refractivity (Wildman–Crippen MR) is 41.6 cm³/mol. The molecular weight excluding hydrogens is 160 g/mol. The van der Waals surface area contributed by atoms with Gasteiger partial charge in [-0.25, -0.2) is 4.79 Å². The lowest BCUT2D eigenvalue weighted by Gasteiger charge is -2.25. The molecule has 70 valence electrons. The number of carbonyl (C=O) groups is 1. The van der Waals surface area contributed by atoms with Crippen molar-refractivity contribution >= 4 is 5.97 Å². The van der Waals surface area contributed by atoms with E-state index in [1.807, 2.05) is 0 Å². The summed E-state index contributed by atoms with van der Waals surface area (Å²) in [5, 5.41) is 18.1. The minimum atomic E-state index is -1.93. The lowest BCUT2D eigenvalue weighted by atomic mass is 10.0. The number of rotatable bonds is 1. The van der Waals surface area contributed by atoms with Gasteiger partial charge in [-0.1, -0.05) is 12.8 Å². The van der Waals surface area contributed by atoms with E-state index in [4.69, 9.17) is 9.84 Å². The van der Waals surface area contributed by atoms with E-state index in [0.717, 1.165) is 19.3 Å². The Morgan fingerprint density at radius 2 is 1.92 bits per heavy atom. The quantitative estimate of drug-likeness (QED) is 0.615. The number of ether oxygens (including phenoxy) is 1. The van der Waals surface area contributed by atoms with E-state index in [2.05, 4.69) is 0 Å². The monoisotopic (exact) mass is 174 g/mol. The average molecular weight is 174 g/mol. The highest BCUT2D eigenvalue weighted by Crippen LogP contribution is 2.21. The van der Waals surface area contributed by atoms with Crippen LogP contribution >= 0.6 is 0 Å². The molecule has 1 unspecified atom stereocenters. The molecule has 0 saturated carbocycles. The van der Waals surface area contributed by atoms with Crippen molar-refractivity contribution in [1.82, 2.24) is 0 Å². The van der Waals surface area contributed by atoms with Crippen molar-refractivity contribution in [1.29, 1.82) is 0 Å². The predicted octanol–water partition coefficient (Wildman–Crippen LogP) is 0.740. The molecule has 1 rings (SSSR count). The number of hydrogen-bond donors (Lipinski definition) is 2. The third-order valence-corrected chi connectivity index (χ3v) is 2.09. The summed E-state index contributed by atoms with van der Waals surface area (Å²) in [6.45, 7) is 0.336. The SMILES string of the molecule is O=C(O)C1(O)CCCCCCO1. The standard InChI is InChI=1S/C8H14O4/c9-7(10)8(11)5-3-1-2-4-6-12-8/h11H,1-6H2,(H,9,10). The highest BCUT2D eigenvalue weighted by Gasteiger charge is 2.37. The van der Waals surface area contributed by atoms with Crippen LogP contribution < -0.4 is 0 Å². The van der Waals surface area contributed by atoms with Gasteiger partial charge in [0.05, 0.1) is 6.61 Å². The van der Waals surface area contributed by atoms with Crippen LogP contribution in [-0.2, 0) is 9.53 Å². The van der Waals surface area contributed by atoms with Gasteiger partial charge in [0.25, 0.3) is 5.79 Å². The Morgan fingerprint density at radius 1 is 1.25 bits per heavy atom. The molecule has 0 aromatic heterocycles. The van der Waals surface area contributed by atoms with Crippen LogP contribution in [0.1, 0.15) is 32.1 Å². The molecule has 1 fully saturated rings. The number of carboxylic acid groups (broad SMARTS) is 1. The van der Waals surface area contributed by atoms with E-state index in [-0.39, 0.29) is 6.42 Å². The lowest BCUT2D eigenvalue weighted by molar-refractivity contribution is -0.228. The van der Waals surface area contributed by atoms with Crippen molar-refractivity contribution in [2.75, 3.05) is 6.61 Å². The maximum absolute atomic E-state index is 10.6. The topological polar surface area (TPSA) is 66.8 Å². The summed E-state index contributed by atoms with van der Waals surface area (Å²) in [7, 11) is 0. The Kier molecular flexibility index (Phi) is 3.05. The Morgan fingerprint density at radius 3 is 2.58 bits per heavy atom. The normalized spacial score (nSPS) is 32.1. The van der Waals surface area contributed by atoms with Gasteiger partial charge in [0, 0.05) is 6.42 Å². The van der Waals surface area contributed by atoms with Gasteiger partial charge >= 0.3 is 5.97 Å². The molecule has 1 aliphatic rings. The van der Waals surface area contributed by atoms with Crippen LogP contribution in [0.2, 0.25) is 0 Å². The largest absolute Gasteiger partial charge is 0.477 e. The van der Waals surface area contributed by atoms with E-state index in [9.17, 15) is 9.90 Å². The molecule has 0 aromatic carbocycles. The molecule has 1 saturated heterocycles.